The molecular weight excluding hydrogens is 148 g/mol. The minimum atomic E-state index is 0.370. The van der Waals surface area contributed by atoms with Crippen LogP contribution in [-0.4, -0.2) is 11.7 Å². The number of hydrogen-bond acceptors (Lipinski definition) is 1. The van der Waals surface area contributed by atoms with Gasteiger partial charge in [0.1, 0.15) is 5.78 Å². The summed E-state index contributed by atoms with van der Waals surface area (Å²) in [5.74, 6) is 1.09. The first kappa shape index (κ1) is 9.96. The molecular formula is C8H15ClO. The van der Waals surface area contributed by atoms with Crippen molar-refractivity contribution in [2.24, 2.45) is 0 Å². The molecule has 0 saturated heterocycles. The van der Waals surface area contributed by atoms with Crippen molar-refractivity contribution in [2.75, 3.05) is 5.88 Å². The fraction of sp³-hybridized carbons (Fsp3) is 0.875. The summed E-state index contributed by atoms with van der Waals surface area (Å²) in [5, 5.41) is 0. The highest BCUT2D eigenvalue weighted by Crippen LogP contribution is 2.02. The fourth-order valence-electron chi connectivity index (χ4n) is 0.770. The third-order valence-electron chi connectivity index (χ3n) is 1.48. The Morgan fingerprint density at radius 1 is 1.30 bits per heavy atom. The fourth-order valence-corrected chi connectivity index (χ4v) is 0.959. The van der Waals surface area contributed by atoms with E-state index < -0.39 is 0 Å². The van der Waals surface area contributed by atoms with Gasteiger partial charge in [0, 0.05) is 18.7 Å². The third-order valence-corrected chi connectivity index (χ3v) is 1.75. The maximum Gasteiger partial charge on any atom is 0.132 e. The van der Waals surface area contributed by atoms with Crippen LogP contribution in [0.2, 0.25) is 0 Å². The van der Waals surface area contributed by atoms with Gasteiger partial charge in [-0.25, -0.2) is 0 Å². The predicted molar refractivity (Wildman–Crippen MR) is 44.5 cm³/mol. The van der Waals surface area contributed by atoms with Crippen LogP contribution in [-0.2, 0) is 4.79 Å². The number of alkyl halides is 1. The summed E-state index contributed by atoms with van der Waals surface area (Å²) < 4.78 is 0. The van der Waals surface area contributed by atoms with Crippen LogP contribution in [0, 0.1) is 0 Å². The molecule has 0 rings (SSSR count). The second-order valence-electron chi connectivity index (χ2n) is 2.39. The monoisotopic (exact) mass is 162 g/mol. The Labute approximate surface area is 67.8 Å². The Morgan fingerprint density at radius 2 is 2.00 bits per heavy atom. The van der Waals surface area contributed by atoms with E-state index in [-0.39, 0.29) is 0 Å². The molecule has 0 heterocycles. The average Bonchev–Trinajstić information content (AvgIpc) is 1.98. The van der Waals surface area contributed by atoms with Gasteiger partial charge in [0.25, 0.3) is 0 Å². The number of halogens is 1. The lowest BCUT2D eigenvalue weighted by molar-refractivity contribution is -0.118. The van der Waals surface area contributed by atoms with Crippen LogP contribution in [0.3, 0.4) is 0 Å². The van der Waals surface area contributed by atoms with Crippen molar-refractivity contribution < 1.29 is 4.79 Å². The molecule has 0 aliphatic heterocycles. The smallest absolute Gasteiger partial charge is 0.132 e. The zero-order valence-corrected chi connectivity index (χ0v) is 7.28. The van der Waals surface area contributed by atoms with Crippen LogP contribution < -0.4 is 0 Å². The molecule has 10 heavy (non-hydrogen) atoms. The molecule has 0 aliphatic carbocycles. The number of unbranched alkanes of at least 4 members (excludes halogenated alkanes) is 2. The first-order valence-corrected chi connectivity index (χ1v) is 4.42. The largest absolute Gasteiger partial charge is 0.300 e. The number of carbonyl (C=O) groups is 1. The second kappa shape index (κ2) is 7.07. The summed E-state index contributed by atoms with van der Waals surface area (Å²) in [6.07, 6.45) is 4.57. The first-order chi connectivity index (χ1) is 4.81. The molecule has 0 bridgehead atoms. The quantitative estimate of drug-likeness (QED) is 0.434. The van der Waals surface area contributed by atoms with Gasteiger partial charge in [-0.15, -0.1) is 11.6 Å². The van der Waals surface area contributed by atoms with Gasteiger partial charge in [-0.2, -0.15) is 0 Å². The van der Waals surface area contributed by atoms with E-state index in [1.54, 1.807) is 0 Å². The van der Waals surface area contributed by atoms with Crippen molar-refractivity contribution >= 4 is 17.4 Å². The van der Waals surface area contributed by atoms with Crippen molar-refractivity contribution in [3.8, 4) is 0 Å². The SMILES string of the molecule is CCC(=O)CCCCCCl. The predicted octanol–water partition coefficient (Wildman–Crippen LogP) is 2.76. The topological polar surface area (TPSA) is 17.1 Å². The van der Waals surface area contributed by atoms with Gasteiger partial charge >= 0.3 is 0 Å². The van der Waals surface area contributed by atoms with Crippen LogP contribution in [0.1, 0.15) is 39.0 Å². The Morgan fingerprint density at radius 3 is 2.50 bits per heavy atom. The molecule has 0 saturated carbocycles. The van der Waals surface area contributed by atoms with Crippen LogP contribution >= 0.6 is 11.6 Å². The van der Waals surface area contributed by atoms with Crippen LogP contribution in [0.15, 0.2) is 0 Å². The van der Waals surface area contributed by atoms with E-state index in [2.05, 4.69) is 0 Å². The van der Waals surface area contributed by atoms with E-state index in [1.165, 1.54) is 0 Å². The van der Waals surface area contributed by atoms with Gasteiger partial charge in [-0.1, -0.05) is 13.3 Å². The summed E-state index contributed by atoms with van der Waals surface area (Å²) in [5.41, 5.74) is 0. The summed E-state index contributed by atoms with van der Waals surface area (Å²) in [4.78, 5) is 10.7. The molecule has 0 amide bonds. The Balaban J connectivity index is 2.96. The average molecular weight is 163 g/mol. The van der Waals surface area contributed by atoms with E-state index in [9.17, 15) is 4.79 Å². The summed E-state index contributed by atoms with van der Waals surface area (Å²) in [7, 11) is 0. The highest BCUT2D eigenvalue weighted by Gasteiger charge is 1.96. The van der Waals surface area contributed by atoms with E-state index in [4.69, 9.17) is 11.6 Å². The lowest BCUT2D eigenvalue weighted by Crippen LogP contribution is -1.94. The lowest BCUT2D eigenvalue weighted by atomic mass is 10.1. The van der Waals surface area contributed by atoms with E-state index in [0.717, 1.165) is 31.6 Å². The highest BCUT2D eigenvalue weighted by atomic mass is 35.5. The molecule has 0 aromatic heterocycles. The molecule has 0 aromatic rings. The standard InChI is InChI=1S/C8H15ClO/c1-2-8(10)6-4-3-5-7-9/h2-7H2,1H3. The molecule has 1 nitrogen and oxygen atoms in total. The summed E-state index contributed by atoms with van der Waals surface area (Å²) >= 11 is 5.47. The molecule has 0 N–H and O–H groups in total. The molecule has 0 aliphatic rings. The van der Waals surface area contributed by atoms with Crippen molar-refractivity contribution in [3.05, 3.63) is 0 Å². The van der Waals surface area contributed by atoms with E-state index in [0.29, 0.717) is 12.2 Å². The number of carbonyl (C=O) groups excluding carboxylic acids is 1. The molecule has 0 spiro atoms. The Hall–Kier alpha value is -0.0400. The maximum absolute atomic E-state index is 10.7. The third kappa shape index (κ3) is 6.09. The Bertz CT molecular complexity index is 91.3. The van der Waals surface area contributed by atoms with Crippen LogP contribution in [0.25, 0.3) is 0 Å². The van der Waals surface area contributed by atoms with Crippen LogP contribution in [0.5, 0.6) is 0 Å². The van der Waals surface area contributed by atoms with Crippen molar-refractivity contribution in [2.45, 2.75) is 39.0 Å². The molecule has 0 aromatic carbocycles. The maximum atomic E-state index is 10.7. The minimum Gasteiger partial charge on any atom is -0.300 e. The second-order valence-corrected chi connectivity index (χ2v) is 2.77. The summed E-state index contributed by atoms with van der Waals surface area (Å²) in [6.45, 7) is 1.91. The van der Waals surface area contributed by atoms with Crippen LogP contribution in [0.4, 0.5) is 0 Å². The van der Waals surface area contributed by atoms with E-state index in [1.807, 2.05) is 6.92 Å². The number of hydrogen-bond donors (Lipinski definition) is 0. The van der Waals surface area contributed by atoms with Gasteiger partial charge in [0.2, 0.25) is 0 Å². The van der Waals surface area contributed by atoms with Crippen molar-refractivity contribution in [1.29, 1.82) is 0 Å². The number of Topliss-reactive ketones (excluding diaryl/α,β-unsaturated/α-hetero) is 1. The van der Waals surface area contributed by atoms with Gasteiger partial charge in [0.15, 0.2) is 0 Å². The van der Waals surface area contributed by atoms with E-state index >= 15 is 0 Å². The van der Waals surface area contributed by atoms with Gasteiger partial charge < -0.3 is 0 Å². The zero-order chi connectivity index (χ0) is 7.82. The lowest BCUT2D eigenvalue weighted by Gasteiger charge is -1.95. The molecule has 0 atom stereocenters. The first-order valence-electron chi connectivity index (χ1n) is 3.89. The zero-order valence-electron chi connectivity index (χ0n) is 6.53. The highest BCUT2D eigenvalue weighted by molar-refractivity contribution is 6.17. The normalized spacial score (nSPS) is 9.80. The molecule has 0 unspecified atom stereocenters. The van der Waals surface area contributed by atoms with Crippen molar-refractivity contribution in [1.82, 2.24) is 0 Å². The minimum absolute atomic E-state index is 0.370. The molecule has 0 fully saturated rings. The van der Waals surface area contributed by atoms with Gasteiger partial charge in [-0.05, 0) is 12.8 Å². The van der Waals surface area contributed by atoms with Crippen molar-refractivity contribution in [3.63, 3.8) is 0 Å². The summed E-state index contributed by atoms with van der Waals surface area (Å²) in [6, 6.07) is 0. The molecule has 0 radical (unpaired) electrons. The molecule has 60 valence electrons. The van der Waals surface area contributed by atoms with Gasteiger partial charge in [-0.3, -0.25) is 4.79 Å². The number of ketones is 1. The van der Waals surface area contributed by atoms with Gasteiger partial charge in [0.05, 0.1) is 0 Å². The number of rotatable bonds is 6. The Kier molecular flexibility index (Phi) is 7.04. The molecule has 2 heteroatoms.